The van der Waals surface area contributed by atoms with Gasteiger partial charge in [0.2, 0.25) is 0 Å². The molecule has 26 heavy (non-hydrogen) atoms. The number of aromatic nitrogens is 3. The highest BCUT2D eigenvalue weighted by Gasteiger charge is 2.20. The molecule has 1 aliphatic heterocycles. The summed E-state index contributed by atoms with van der Waals surface area (Å²) >= 11 is 1.69. The monoisotopic (exact) mass is 367 g/mol. The minimum Gasteiger partial charge on any atom is -0.396 e. The number of thiophene rings is 1. The van der Waals surface area contributed by atoms with Crippen molar-refractivity contribution in [3.05, 3.63) is 58.2 Å². The summed E-state index contributed by atoms with van der Waals surface area (Å²) in [5, 5.41) is 20.7. The van der Waals surface area contributed by atoms with Crippen LogP contribution in [0.5, 0.6) is 0 Å². The standard InChI is InChI=1S/C19H21N5OS/c25-11-14(6-13-3-5-26-12-13)7-22-19-16-9-21-10-17(16)23-18(24-19)15-2-1-4-20-8-15/h1-5,8,12,14,21,25H,6-7,9-11H2,(H,22,23,24)/t14-/m0/s1. The fourth-order valence-electron chi connectivity index (χ4n) is 3.12. The number of nitrogens with one attached hydrogen (secondary N) is 2. The molecule has 3 aromatic heterocycles. The van der Waals surface area contributed by atoms with Crippen molar-refractivity contribution in [3.8, 4) is 11.4 Å². The Bertz CT molecular complexity index is 854. The van der Waals surface area contributed by atoms with Gasteiger partial charge in [-0.05, 0) is 40.9 Å². The first-order valence-corrected chi connectivity index (χ1v) is 9.64. The average molecular weight is 367 g/mol. The van der Waals surface area contributed by atoms with Crippen LogP contribution in [0.25, 0.3) is 11.4 Å². The summed E-state index contributed by atoms with van der Waals surface area (Å²) in [6, 6.07) is 5.97. The Morgan fingerprint density at radius 1 is 1.27 bits per heavy atom. The van der Waals surface area contributed by atoms with Crippen LogP contribution in [0.4, 0.5) is 5.82 Å². The Hall–Kier alpha value is -2.35. The maximum Gasteiger partial charge on any atom is 0.163 e. The summed E-state index contributed by atoms with van der Waals surface area (Å²) in [5.41, 5.74) is 4.31. The lowest BCUT2D eigenvalue weighted by Crippen LogP contribution is -2.21. The number of hydrogen-bond acceptors (Lipinski definition) is 7. The van der Waals surface area contributed by atoms with E-state index in [2.05, 4.69) is 32.4 Å². The fourth-order valence-corrected chi connectivity index (χ4v) is 3.80. The lowest BCUT2D eigenvalue weighted by Gasteiger charge is -2.17. The van der Waals surface area contributed by atoms with Gasteiger partial charge in [0, 0.05) is 55.7 Å². The van der Waals surface area contributed by atoms with Gasteiger partial charge in [-0.25, -0.2) is 9.97 Å². The molecule has 0 aromatic carbocycles. The molecule has 0 fully saturated rings. The summed E-state index contributed by atoms with van der Waals surface area (Å²) in [5.74, 6) is 1.68. The number of aliphatic hydroxyl groups is 1. The number of fused-ring (bicyclic) bond motifs is 1. The van der Waals surface area contributed by atoms with Gasteiger partial charge in [0.05, 0.1) is 5.69 Å². The third-order valence-corrected chi connectivity index (χ3v) is 5.26. The third-order valence-electron chi connectivity index (χ3n) is 4.53. The van der Waals surface area contributed by atoms with Crippen molar-refractivity contribution in [2.75, 3.05) is 18.5 Å². The van der Waals surface area contributed by atoms with Crippen LogP contribution < -0.4 is 10.6 Å². The number of pyridine rings is 1. The van der Waals surface area contributed by atoms with Crippen molar-refractivity contribution in [1.29, 1.82) is 0 Å². The van der Waals surface area contributed by atoms with E-state index in [9.17, 15) is 5.11 Å². The van der Waals surface area contributed by atoms with Gasteiger partial charge in [-0.1, -0.05) is 0 Å². The maximum absolute atomic E-state index is 9.74. The largest absolute Gasteiger partial charge is 0.396 e. The first-order chi connectivity index (χ1) is 12.8. The van der Waals surface area contributed by atoms with E-state index in [0.29, 0.717) is 12.4 Å². The van der Waals surface area contributed by atoms with E-state index in [1.807, 2.05) is 12.1 Å². The van der Waals surface area contributed by atoms with Crippen molar-refractivity contribution >= 4 is 17.2 Å². The van der Waals surface area contributed by atoms with Crippen LogP contribution in [-0.2, 0) is 19.5 Å². The first-order valence-electron chi connectivity index (χ1n) is 8.70. The van der Waals surface area contributed by atoms with Crippen LogP contribution in [0.15, 0.2) is 41.4 Å². The van der Waals surface area contributed by atoms with Crippen LogP contribution in [-0.4, -0.2) is 33.2 Å². The second kappa shape index (κ2) is 7.90. The molecule has 3 aromatic rings. The van der Waals surface area contributed by atoms with Gasteiger partial charge in [0.25, 0.3) is 0 Å². The van der Waals surface area contributed by atoms with Crippen molar-refractivity contribution in [3.63, 3.8) is 0 Å². The third kappa shape index (κ3) is 3.75. The summed E-state index contributed by atoms with van der Waals surface area (Å²) in [4.78, 5) is 13.6. The van der Waals surface area contributed by atoms with Crippen LogP contribution in [0.3, 0.4) is 0 Å². The Kier molecular flexibility index (Phi) is 5.19. The van der Waals surface area contributed by atoms with Crippen molar-refractivity contribution in [2.45, 2.75) is 19.5 Å². The highest BCUT2D eigenvalue weighted by Crippen LogP contribution is 2.25. The van der Waals surface area contributed by atoms with E-state index >= 15 is 0 Å². The van der Waals surface area contributed by atoms with Crippen LogP contribution >= 0.6 is 11.3 Å². The predicted molar refractivity (Wildman–Crippen MR) is 103 cm³/mol. The molecular weight excluding hydrogens is 346 g/mol. The topological polar surface area (TPSA) is 83.0 Å². The summed E-state index contributed by atoms with van der Waals surface area (Å²) in [6.45, 7) is 2.32. The van der Waals surface area contributed by atoms with E-state index in [1.54, 1.807) is 23.7 Å². The van der Waals surface area contributed by atoms with Gasteiger partial charge in [0.15, 0.2) is 5.82 Å². The highest BCUT2D eigenvalue weighted by atomic mass is 32.1. The number of hydrogen-bond donors (Lipinski definition) is 3. The molecule has 4 rings (SSSR count). The SMILES string of the molecule is OC[C@H](CNc1nc(-c2cccnc2)nc2c1CNC2)Cc1ccsc1. The molecule has 0 radical (unpaired) electrons. The van der Waals surface area contributed by atoms with Crippen LogP contribution in [0, 0.1) is 5.92 Å². The quantitative estimate of drug-likeness (QED) is 0.595. The smallest absolute Gasteiger partial charge is 0.163 e. The fraction of sp³-hybridized carbons (Fsp3) is 0.316. The van der Waals surface area contributed by atoms with Crippen LogP contribution in [0.2, 0.25) is 0 Å². The number of nitrogens with zero attached hydrogens (tertiary/aromatic N) is 3. The summed E-state index contributed by atoms with van der Waals surface area (Å²) < 4.78 is 0. The lowest BCUT2D eigenvalue weighted by molar-refractivity contribution is 0.232. The minimum atomic E-state index is 0.143. The Labute approximate surface area is 156 Å². The molecular formula is C19H21N5OS. The van der Waals surface area contributed by atoms with Gasteiger partial charge in [0.1, 0.15) is 5.82 Å². The molecule has 134 valence electrons. The zero-order valence-electron chi connectivity index (χ0n) is 14.4. The Morgan fingerprint density at radius 3 is 3.00 bits per heavy atom. The molecule has 1 aliphatic rings. The molecule has 0 aliphatic carbocycles. The summed E-state index contributed by atoms with van der Waals surface area (Å²) in [6.07, 6.45) is 4.38. The molecule has 3 N–H and O–H groups in total. The zero-order valence-corrected chi connectivity index (χ0v) is 15.2. The second-order valence-corrected chi connectivity index (χ2v) is 7.21. The second-order valence-electron chi connectivity index (χ2n) is 6.43. The van der Waals surface area contributed by atoms with Gasteiger partial charge in [-0.2, -0.15) is 11.3 Å². The molecule has 0 saturated heterocycles. The molecule has 0 saturated carbocycles. The normalized spacial score (nSPS) is 14.2. The molecule has 0 spiro atoms. The number of aliphatic hydroxyl groups excluding tert-OH is 1. The van der Waals surface area contributed by atoms with Crippen molar-refractivity contribution in [2.24, 2.45) is 5.92 Å². The molecule has 0 amide bonds. The van der Waals surface area contributed by atoms with Crippen LogP contribution in [0.1, 0.15) is 16.8 Å². The van der Waals surface area contributed by atoms with E-state index in [0.717, 1.165) is 42.1 Å². The zero-order chi connectivity index (χ0) is 17.8. The first kappa shape index (κ1) is 17.1. The minimum absolute atomic E-state index is 0.143. The van der Waals surface area contributed by atoms with E-state index in [-0.39, 0.29) is 12.5 Å². The van der Waals surface area contributed by atoms with E-state index < -0.39 is 0 Å². The molecule has 0 unspecified atom stereocenters. The predicted octanol–water partition coefficient (Wildman–Crippen LogP) is 2.47. The average Bonchev–Trinajstić information content (AvgIpc) is 3.37. The molecule has 1 atom stereocenters. The molecule has 6 nitrogen and oxygen atoms in total. The van der Waals surface area contributed by atoms with Gasteiger partial charge < -0.3 is 15.7 Å². The number of rotatable bonds is 7. The number of anilines is 1. The Morgan fingerprint density at radius 2 is 2.23 bits per heavy atom. The van der Waals surface area contributed by atoms with Gasteiger partial charge >= 0.3 is 0 Å². The highest BCUT2D eigenvalue weighted by molar-refractivity contribution is 7.07. The van der Waals surface area contributed by atoms with Gasteiger partial charge in [-0.3, -0.25) is 4.98 Å². The Balaban J connectivity index is 1.54. The maximum atomic E-state index is 9.74. The summed E-state index contributed by atoms with van der Waals surface area (Å²) in [7, 11) is 0. The van der Waals surface area contributed by atoms with E-state index in [1.165, 1.54) is 5.56 Å². The molecule has 7 heteroatoms. The van der Waals surface area contributed by atoms with Crippen molar-refractivity contribution in [1.82, 2.24) is 20.3 Å². The lowest BCUT2D eigenvalue weighted by atomic mass is 10.0. The van der Waals surface area contributed by atoms with E-state index in [4.69, 9.17) is 9.97 Å². The van der Waals surface area contributed by atoms with Gasteiger partial charge in [-0.15, -0.1) is 0 Å². The molecule has 0 bridgehead atoms. The van der Waals surface area contributed by atoms with Crippen molar-refractivity contribution < 1.29 is 5.11 Å². The molecule has 4 heterocycles.